The summed E-state index contributed by atoms with van der Waals surface area (Å²) in [6.45, 7) is 1.36. The van der Waals surface area contributed by atoms with Crippen LogP contribution in [0.4, 0.5) is 8.78 Å². The molecule has 0 saturated heterocycles. The molecule has 26 heavy (non-hydrogen) atoms. The second kappa shape index (κ2) is 7.33. The van der Waals surface area contributed by atoms with E-state index in [2.05, 4.69) is 5.10 Å². The molecule has 1 N–H and O–H groups in total. The summed E-state index contributed by atoms with van der Waals surface area (Å²) in [5.74, 6) is -1.44. The summed E-state index contributed by atoms with van der Waals surface area (Å²) in [6.07, 6.45) is 1.15. The minimum atomic E-state index is -0.829. The lowest BCUT2D eigenvalue weighted by atomic mass is 9.80. The fraction of sp³-hybridized carbons (Fsp3) is 0.300. The summed E-state index contributed by atoms with van der Waals surface area (Å²) >= 11 is 0. The summed E-state index contributed by atoms with van der Waals surface area (Å²) in [6, 6.07) is 12.5. The Labute approximate surface area is 150 Å². The van der Waals surface area contributed by atoms with Crippen LogP contribution in [0.15, 0.2) is 53.6 Å². The molecule has 1 aliphatic heterocycles. The molecule has 136 valence electrons. The normalized spacial score (nSPS) is 19.5. The van der Waals surface area contributed by atoms with E-state index in [0.717, 1.165) is 23.8 Å². The van der Waals surface area contributed by atoms with E-state index in [-0.39, 0.29) is 24.5 Å². The number of hydrogen-bond acceptors (Lipinski definition) is 3. The van der Waals surface area contributed by atoms with Crippen LogP contribution in [0.2, 0.25) is 0 Å². The molecule has 2 aromatic carbocycles. The Morgan fingerprint density at radius 2 is 1.96 bits per heavy atom. The third-order valence-electron chi connectivity index (χ3n) is 4.68. The number of aliphatic hydroxyl groups excluding tert-OH is 1. The molecule has 0 spiro atoms. The minimum absolute atomic E-state index is 0.0377. The SMILES string of the molecule is CC(=O)N1N=C(c2cc(F)ccc2F)C[C@]1(CCCO)c1ccccc1. The van der Waals surface area contributed by atoms with Gasteiger partial charge in [-0.2, -0.15) is 5.10 Å². The number of amides is 1. The number of benzene rings is 2. The monoisotopic (exact) mass is 358 g/mol. The average molecular weight is 358 g/mol. The molecule has 0 unspecified atom stereocenters. The van der Waals surface area contributed by atoms with Gasteiger partial charge < -0.3 is 5.11 Å². The van der Waals surface area contributed by atoms with Crippen molar-refractivity contribution < 1.29 is 18.7 Å². The number of nitrogens with zero attached hydrogens (tertiary/aromatic N) is 2. The molecule has 1 aliphatic rings. The lowest BCUT2D eigenvalue weighted by molar-refractivity contribution is -0.135. The number of carbonyl (C=O) groups is 1. The van der Waals surface area contributed by atoms with Crippen LogP contribution >= 0.6 is 0 Å². The highest BCUT2D eigenvalue weighted by atomic mass is 19.1. The zero-order valence-electron chi connectivity index (χ0n) is 14.5. The molecule has 1 amide bonds. The Hall–Kier alpha value is -2.60. The van der Waals surface area contributed by atoms with E-state index >= 15 is 0 Å². The molecule has 0 aliphatic carbocycles. The summed E-state index contributed by atoms with van der Waals surface area (Å²) in [5.41, 5.74) is 0.389. The van der Waals surface area contributed by atoms with Crippen molar-refractivity contribution >= 4 is 11.6 Å². The summed E-state index contributed by atoms with van der Waals surface area (Å²) in [5, 5.41) is 15.0. The van der Waals surface area contributed by atoms with Gasteiger partial charge in [-0.05, 0) is 36.6 Å². The molecular formula is C20H20F2N2O2. The average Bonchev–Trinajstić information content (AvgIpc) is 3.04. The number of halogens is 2. The van der Waals surface area contributed by atoms with Gasteiger partial charge in [-0.1, -0.05) is 30.3 Å². The van der Waals surface area contributed by atoms with Crippen molar-refractivity contribution in [2.45, 2.75) is 31.7 Å². The highest BCUT2D eigenvalue weighted by Crippen LogP contribution is 2.43. The van der Waals surface area contributed by atoms with Crippen molar-refractivity contribution in [2.24, 2.45) is 5.10 Å². The molecule has 0 bridgehead atoms. The molecule has 0 saturated carbocycles. The molecular weight excluding hydrogens is 338 g/mol. The van der Waals surface area contributed by atoms with Crippen LogP contribution in [-0.2, 0) is 10.3 Å². The van der Waals surface area contributed by atoms with Crippen molar-refractivity contribution in [3.05, 3.63) is 71.3 Å². The van der Waals surface area contributed by atoms with Crippen LogP contribution in [0.25, 0.3) is 0 Å². The van der Waals surface area contributed by atoms with Crippen LogP contribution in [-0.4, -0.2) is 28.3 Å². The van der Waals surface area contributed by atoms with Gasteiger partial charge in [-0.3, -0.25) is 4.79 Å². The molecule has 3 rings (SSSR count). The maximum atomic E-state index is 14.3. The molecule has 1 heterocycles. The van der Waals surface area contributed by atoms with Gasteiger partial charge in [0.05, 0.1) is 11.3 Å². The second-order valence-corrected chi connectivity index (χ2v) is 6.40. The molecule has 0 fully saturated rings. The predicted octanol–water partition coefficient (Wildman–Crippen LogP) is 3.59. The van der Waals surface area contributed by atoms with E-state index in [4.69, 9.17) is 0 Å². The number of carbonyl (C=O) groups excluding carboxylic acids is 1. The Kier molecular flexibility index (Phi) is 5.13. The molecule has 4 nitrogen and oxygen atoms in total. The number of rotatable bonds is 5. The first kappa shape index (κ1) is 18.2. The van der Waals surface area contributed by atoms with E-state index < -0.39 is 17.2 Å². The van der Waals surface area contributed by atoms with Crippen molar-refractivity contribution in [2.75, 3.05) is 6.61 Å². The van der Waals surface area contributed by atoms with Gasteiger partial charge in [-0.15, -0.1) is 0 Å². The molecule has 0 radical (unpaired) electrons. The smallest absolute Gasteiger partial charge is 0.240 e. The van der Waals surface area contributed by atoms with Gasteiger partial charge in [-0.25, -0.2) is 13.8 Å². The fourth-order valence-electron chi connectivity index (χ4n) is 3.53. The quantitative estimate of drug-likeness (QED) is 0.888. The van der Waals surface area contributed by atoms with Crippen LogP contribution in [0.3, 0.4) is 0 Å². The zero-order chi connectivity index (χ0) is 18.7. The lowest BCUT2D eigenvalue weighted by Crippen LogP contribution is -2.42. The van der Waals surface area contributed by atoms with Crippen molar-refractivity contribution in [1.29, 1.82) is 0 Å². The van der Waals surface area contributed by atoms with Gasteiger partial charge in [0.15, 0.2) is 0 Å². The zero-order valence-corrected chi connectivity index (χ0v) is 14.5. The van der Waals surface area contributed by atoms with Crippen molar-refractivity contribution in [3.63, 3.8) is 0 Å². The molecule has 0 aromatic heterocycles. The summed E-state index contributed by atoms with van der Waals surface area (Å²) in [7, 11) is 0. The topological polar surface area (TPSA) is 52.9 Å². The highest BCUT2D eigenvalue weighted by molar-refractivity contribution is 6.03. The third-order valence-corrected chi connectivity index (χ3v) is 4.68. The number of aliphatic hydroxyl groups is 1. The maximum absolute atomic E-state index is 14.3. The van der Waals surface area contributed by atoms with Crippen molar-refractivity contribution in [3.8, 4) is 0 Å². The first-order valence-corrected chi connectivity index (χ1v) is 8.48. The first-order valence-electron chi connectivity index (χ1n) is 8.48. The van der Waals surface area contributed by atoms with E-state index in [1.807, 2.05) is 30.3 Å². The first-order chi connectivity index (χ1) is 12.5. The Balaban J connectivity index is 2.11. The van der Waals surface area contributed by atoms with Gasteiger partial charge >= 0.3 is 0 Å². The van der Waals surface area contributed by atoms with Gasteiger partial charge in [0.25, 0.3) is 0 Å². The fourth-order valence-corrected chi connectivity index (χ4v) is 3.53. The summed E-state index contributed by atoms with van der Waals surface area (Å²) < 4.78 is 27.9. The third kappa shape index (κ3) is 3.24. The van der Waals surface area contributed by atoms with Crippen LogP contribution in [0.5, 0.6) is 0 Å². The minimum Gasteiger partial charge on any atom is -0.396 e. The van der Waals surface area contributed by atoms with Crippen LogP contribution in [0.1, 0.15) is 37.3 Å². The standard InChI is InChI=1S/C20H20F2N2O2/c1-14(26)24-20(10-5-11-25,15-6-3-2-4-7-15)13-19(23-24)17-12-16(21)8-9-18(17)22/h2-4,6-9,12,25H,5,10-11,13H2,1H3/t20-/m1/s1. The Morgan fingerprint density at radius 1 is 1.23 bits per heavy atom. The Morgan fingerprint density at radius 3 is 2.62 bits per heavy atom. The van der Waals surface area contributed by atoms with Gasteiger partial charge in [0.1, 0.15) is 11.6 Å². The predicted molar refractivity (Wildman–Crippen MR) is 94.5 cm³/mol. The van der Waals surface area contributed by atoms with E-state index in [1.54, 1.807) is 0 Å². The Bertz CT molecular complexity index is 839. The molecule has 6 heteroatoms. The second-order valence-electron chi connectivity index (χ2n) is 6.40. The highest BCUT2D eigenvalue weighted by Gasteiger charge is 2.46. The van der Waals surface area contributed by atoms with E-state index in [9.17, 15) is 18.7 Å². The van der Waals surface area contributed by atoms with E-state index in [0.29, 0.717) is 18.6 Å². The lowest BCUT2D eigenvalue weighted by Gasteiger charge is -2.36. The molecule has 1 atom stereocenters. The van der Waals surface area contributed by atoms with Gasteiger partial charge in [0, 0.05) is 25.5 Å². The molecule has 2 aromatic rings. The van der Waals surface area contributed by atoms with Gasteiger partial charge in [0.2, 0.25) is 5.91 Å². The number of hydrogen-bond donors (Lipinski definition) is 1. The number of hydrazone groups is 1. The maximum Gasteiger partial charge on any atom is 0.240 e. The van der Waals surface area contributed by atoms with Crippen LogP contribution in [0, 0.1) is 11.6 Å². The van der Waals surface area contributed by atoms with Crippen molar-refractivity contribution in [1.82, 2.24) is 5.01 Å². The summed E-state index contributed by atoms with van der Waals surface area (Å²) in [4.78, 5) is 12.3. The van der Waals surface area contributed by atoms with Crippen LogP contribution < -0.4 is 0 Å². The van der Waals surface area contributed by atoms with E-state index in [1.165, 1.54) is 11.9 Å². The largest absolute Gasteiger partial charge is 0.396 e.